The van der Waals surface area contributed by atoms with Crippen molar-refractivity contribution in [3.8, 4) is 5.75 Å². The fraction of sp³-hybridized carbons (Fsp3) is 0.188. The lowest BCUT2D eigenvalue weighted by atomic mass is 10.2. The molecule has 0 unspecified atom stereocenters. The standard InChI is InChI=1S/C16H15ClN2O3S2/c1-10-4-9-13(22-3)14-15(10)23-16(19(14)2)18-24(20,21)12-7-5-11(17)6-8-12/h4-9H,1-3H3. The Bertz CT molecular complexity index is 1080. The molecule has 8 heteroatoms. The number of methoxy groups -OCH3 is 1. The lowest BCUT2D eigenvalue weighted by Gasteiger charge is -2.05. The Balaban J connectivity index is 2.26. The van der Waals surface area contributed by atoms with Gasteiger partial charge in [0.05, 0.1) is 16.7 Å². The van der Waals surface area contributed by atoms with Crippen molar-refractivity contribution in [3.63, 3.8) is 0 Å². The molecule has 5 nitrogen and oxygen atoms in total. The number of aromatic nitrogens is 1. The molecule has 24 heavy (non-hydrogen) atoms. The molecule has 126 valence electrons. The molecular weight excluding hydrogens is 368 g/mol. The van der Waals surface area contributed by atoms with Crippen LogP contribution in [0.1, 0.15) is 5.56 Å². The molecule has 0 amide bonds. The summed E-state index contributed by atoms with van der Waals surface area (Å²) in [5, 5.41) is 0.474. The minimum Gasteiger partial charge on any atom is -0.495 e. The van der Waals surface area contributed by atoms with Gasteiger partial charge in [-0.05, 0) is 42.8 Å². The van der Waals surface area contributed by atoms with Crippen molar-refractivity contribution >= 4 is 43.2 Å². The van der Waals surface area contributed by atoms with Gasteiger partial charge in [0.2, 0.25) is 4.80 Å². The van der Waals surface area contributed by atoms with Crippen LogP contribution in [0.4, 0.5) is 0 Å². The molecule has 0 aliphatic heterocycles. The third-order valence-corrected chi connectivity index (χ3v) is 6.55. The summed E-state index contributed by atoms with van der Waals surface area (Å²) in [5.41, 5.74) is 1.87. The van der Waals surface area contributed by atoms with Crippen LogP contribution < -0.4 is 9.54 Å². The van der Waals surface area contributed by atoms with Gasteiger partial charge in [-0.3, -0.25) is 0 Å². The van der Waals surface area contributed by atoms with Gasteiger partial charge in [0.25, 0.3) is 10.0 Å². The molecule has 0 aliphatic carbocycles. The van der Waals surface area contributed by atoms with Crippen LogP contribution in [0.5, 0.6) is 5.75 Å². The summed E-state index contributed by atoms with van der Waals surface area (Å²) >= 11 is 7.13. The predicted octanol–water partition coefficient (Wildman–Crippen LogP) is 3.50. The van der Waals surface area contributed by atoms with Gasteiger partial charge in [-0.2, -0.15) is 8.42 Å². The highest BCUT2D eigenvalue weighted by molar-refractivity contribution is 7.90. The fourth-order valence-electron chi connectivity index (χ4n) is 2.36. The minimum atomic E-state index is -3.82. The fourth-order valence-corrected chi connectivity index (χ4v) is 4.82. The Kier molecular flexibility index (Phi) is 4.42. The number of thiazole rings is 1. The van der Waals surface area contributed by atoms with E-state index in [-0.39, 0.29) is 4.90 Å². The van der Waals surface area contributed by atoms with Crippen LogP contribution in [0.15, 0.2) is 45.7 Å². The van der Waals surface area contributed by atoms with Crippen molar-refractivity contribution in [2.75, 3.05) is 7.11 Å². The van der Waals surface area contributed by atoms with Gasteiger partial charge in [0, 0.05) is 12.1 Å². The summed E-state index contributed by atoms with van der Waals surface area (Å²) in [4.78, 5) is 0.487. The predicted molar refractivity (Wildman–Crippen MR) is 96.3 cm³/mol. The molecule has 0 saturated heterocycles. The van der Waals surface area contributed by atoms with Crippen LogP contribution in [0.3, 0.4) is 0 Å². The van der Waals surface area contributed by atoms with E-state index in [0.717, 1.165) is 15.8 Å². The second-order valence-corrected chi connectivity index (χ2v) is 8.24. The van der Waals surface area contributed by atoms with E-state index in [1.165, 1.54) is 35.6 Å². The van der Waals surface area contributed by atoms with Crippen LogP contribution in [0.25, 0.3) is 10.2 Å². The number of benzene rings is 2. The summed E-state index contributed by atoms with van der Waals surface area (Å²) in [5.74, 6) is 0.680. The first-order chi connectivity index (χ1) is 11.3. The molecule has 0 bridgehead atoms. The molecule has 0 spiro atoms. The van der Waals surface area contributed by atoms with Crippen LogP contribution in [0, 0.1) is 6.92 Å². The summed E-state index contributed by atoms with van der Waals surface area (Å²) < 4.78 is 37.1. The number of hydrogen-bond acceptors (Lipinski definition) is 4. The first-order valence-electron chi connectivity index (χ1n) is 7.03. The zero-order valence-electron chi connectivity index (χ0n) is 13.3. The molecule has 0 atom stereocenters. The third kappa shape index (κ3) is 2.94. The molecular formula is C16H15ClN2O3S2. The smallest absolute Gasteiger partial charge is 0.285 e. The van der Waals surface area contributed by atoms with Crippen molar-refractivity contribution in [2.24, 2.45) is 11.4 Å². The molecule has 0 fully saturated rings. The van der Waals surface area contributed by atoms with E-state index in [0.29, 0.717) is 15.6 Å². The Morgan fingerprint density at radius 1 is 1.17 bits per heavy atom. The van der Waals surface area contributed by atoms with Crippen LogP contribution >= 0.6 is 22.9 Å². The Morgan fingerprint density at radius 3 is 2.46 bits per heavy atom. The Labute approximate surface area is 148 Å². The number of rotatable bonds is 3. The number of hydrogen-bond donors (Lipinski definition) is 0. The van der Waals surface area contributed by atoms with E-state index in [2.05, 4.69) is 4.40 Å². The van der Waals surface area contributed by atoms with Crippen molar-refractivity contribution < 1.29 is 13.2 Å². The zero-order chi connectivity index (χ0) is 17.5. The average Bonchev–Trinajstić information content (AvgIpc) is 2.86. The second kappa shape index (κ2) is 6.23. The topological polar surface area (TPSA) is 60.7 Å². The van der Waals surface area contributed by atoms with E-state index in [4.69, 9.17) is 16.3 Å². The summed E-state index contributed by atoms with van der Waals surface area (Å²) in [6, 6.07) is 9.75. The number of aryl methyl sites for hydroxylation is 2. The van der Waals surface area contributed by atoms with E-state index >= 15 is 0 Å². The molecule has 0 N–H and O–H groups in total. The van der Waals surface area contributed by atoms with Crippen molar-refractivity contribution in [3.05, 3.63) is 51.8 Å². The number of sulfonamides is 1. The minimum absolute atomic E-state index is 0.105. The highest BCUT2D eigenvalue weighted by Crippen LogP contribution is 2.29. The molecule has 0 radical (unpaired) electrons. The average molecular weight is 383 g/mol. The SMILES string of the molecule is COc1ccc(C)c2sc(=NS(=O)(=O)c3ccc(Cl)cc3)n(C)c12. The Hall–Kier alpha value is -1.83. The second-order valence-electron chi connectivity index (χ2n) is 5.23. The number of nitrogens with zero attached hydrogens (tertiary/aromatic N) is 2. The quantitative estimate of drug-likeness (QED) is 0.696. The highest BCUT2D eigenvalue weighted by Gasteiger charge is 2.16. The monoisotopic (exact) mass is 382 g/mol. The lowest BCUT2D eigenvalue weighted by Crippen LogP contribution is -2.14. The molecule has 0 aliphatic rings. The van der Waals surface area contributed by atoms with Gasteiger partial charge in [-0.15, -0.1) is 4.40 Å². The maximum atomic E-state index is 12.5. The molecule has 3 rings (SSSR count). The first-order valence-corrected chi connectivity index (χ1v) is 9.66. The van der Waals surface area contributed by atoms with Gasteiger partial charge in [0.1, 0.15) is 11.3 Å². The van der Waals surface area contributed by atoms with Crippen LogP contribution in [-0.4, -0.2) is 20.1 Å². The number of ether oxygens (including phenoxy) is 1. The molecule has 0 saturated carbocycles. The van der Waals surface area contributed by atoms with Crippen molar-refractivity contribution in [1.29, 1.82) is 0 Å². The number of halogens is 1. The summed E-state index contributed by atoms with van der Waals surface area (Å²) in [6.07, 6.45) is 0. The summed E-state index contributed by atoms with van der Waals surface area (Å²) in [6.45, 7) is 1.97. The molecule has 1 aromatic heterocycles. The maximum absolute atomic E-state index is 12.5. The lowest BCUT2D eigenvalue weighted by molar-refractivity contribution is 0.417. The zero-order valence-corrected chi connectivity index (χ0v) is 15.7. The van der Waals surface area contributed by atoms with Gasteiger partial charge < -0.3 is 9.30 Å². The van der Waals surface area contributed by atoms with E-state index in [1.807, 2.05) is 19.1 Å². The normalized spacial score (nSPS) is 12.8. The van der Waals surface area contributed by atoms with Gasteiger partial charge >= 0.3 is 0 Å². The number of fused-ring (bicyclic) bond motifs is 1. The van der Waals surface area contributed by atoms with Gasteiger partial charge in [-0.25, -0.2) is 0 Å². The van der Waals surface area contributed by atoms with Crippen LogP contribution in [-0.2, 0) is 17.1 Å². The van der Waals surface area contributed by atoms with Crippen molar-refractivity contribution in [1.82, 2.24) is 4.57 Å². The Morgan fingerprint density at radius 2 is 1.83 bits per heavy atom. The molecule has 2 aromatic carbocycles. The van der Waals surface area contributed by atoms with Crippen molar-refractivity contribution in [2.45, 2.75) is 11.8 Å². The van der Waals surface area contributed by atoms with Crippen LogP contribution in [0.2, 0.25) is 5.02 Å². The first kappa shape index (κ1) is 17.0. The van der Waals surface area contributed by atoms with E-state index < -0.39 is 10.0 Å². The maximum Gasteiger partial charge on any atom is 0.285 e. The van der Waals surface area contributed by atoms with Gasteiger partial charge in [0.15, 0.2) is 0 Å². The van der Waals surface area contributed by atoms with E-state index in [1.54, 1.807) is 18.7 Å². The molecule has 1 heterocycles. The van der Waals surface area contributed by atoms with Gasteiger partial charge in [-0.1, -0.05) is 29.0 Å². The third-order valence-electron chi connectivity index (χ3n) is 3.64. The van der Waals surface area contributed by atoms with E-state index in [9.17, 15) is 8.42 Å². The molecule has 3 aromatic rings. The largest absolute Gasteiger partial charge is 0.495 e. The summed E-state index contributed by atoms with van der Waals surface area (Å²) in [7, 11) is -0.456. The highest BCUT2D eigenvalue weighted by atomic mass is 35.5.